The molecule has 0 atom stereocenters. The number of benzene rings is 3. The first-order chi connectivity index (χ1) is 16.2. The fourth-order valence-electron chi connectivity index (χ4n) is 4.57. The molecule has 6 nitrogen and oxygen atoms in total. The maximum atomic E-state index is 13.8. The monoisotopic (exact) mass is 456 g/mol. The molecule has 1 heterocycles. The molecule has 0 aliphatic rings. The molecule has 6 heteroatoms. The molecule has 1 aromatic heterocycles. The van der Waals surface area contributed by atoms with Crippen molar-refractivity contribution in [3.63, 3.8) is 0 Å². The number of methoxy groups -OCH3 is 1. The van der Waals surface area contributed by atoms with Crippen LogP contribution in [0.25, 0.3) is 16.7 Å². The Bertz CT molecular complexity index is 1330. The van der Waals surface area contributed by atoms with Crippen LogP contribution in [0, 0.1) is 20.8 Å². The van der Waals surface area contributed by atoms with E-state index in [2.05, 4.69) is 23.6 Å². The first-order valence-electron chi connectivity index (χ1n) is 11.5. The molecule has 0 unspecified atom stereocenters. The van der Waals surface area contributed by atoms with E-state index in [4.69, 9.17) is 15.5 Å². The molecule has 3 aromatic carbocycles. The van der Waals surface area contributed by atoms with Gasteiger partial charge in [-0.05, 0) is 88.2 Å². The molecule has 1 amide bonds. The summed E-state index contributed by atoms with van der Waals surface area (Å²) in [6.07, 6.45) is 0. The minimum absolute atomic E-state index is 0.0119. The quantitative estimate of drug-likeness (QED) is 0.384. The van der Waals surface area contributed by atoms with Crippen LogP contribution in [0.3, 0.4) is 0 Å². The van der Waals surface area contributed by atoms with Gasteiger partial charge in [-0.15, -0.1) is 0 Å². The second-order valence-corrected chi connectivity index (χ2v) is 9.11. The fourth-order valence-corrected chi connectivity index (χ4v) is 4.57. The number of anilines is 1. The summed E-state index contributed by atoms with van der Waals surface area (Å²) in [5.74, 6) is 1.57. The predicted octanol–water partition coefficient (Wildman–Crippen LogP) is 5.59. The van der Waals surface area contributed by atoms with Crippen molar-refractivity contribution in [1.82, 2.24) is 14.5 Å². The molecule has 4 aromatic rings. The lowest BCUT2D eigenvalue weighted by Gasteiger charge is -2.28. The number of imidazole rings is 1. The van der Waals surface area contributed by atoms with Gasteiger partial charge in [-0.3, -0.25) is 9.36 Å². The van der Waals surface area contributed by atoms with E-state index in [1.54, 1.807) is 7.11 Å². The normalized spacial score (nSPS) is 11.3. The highest BCUT2D eigenvalue weighted by molar-refractivity contribution is 5.97. The Morgan fingerprint density at radius 3 is 2.26 bits per heavy atom. The van der Waals surface area contributed by atoms with Gasteiger partial charge in [0.15, 0.2) is 0 Å². The molecular weight excluding hydrogens is 424 g/mol. The summed E-state index contributed by atoms with van der Waals surface area (Å²) in [5, 5.41) is 0. The number of aryl methyl sites for hydroxylation is 3. The van der Waals surface area contributed by atoms with Crippen molar-refractivity contribution in [2.45, 2.75) is 47.2 Å². The smallest absolute Gasteiger partial charge is 0.255 e. The van der Waals surface area contributed by atoms with Gasteiger partial charge in [-0.25, -0.2) is 4.98 Å². The van der Waals surface area contributed by atoms with Crippen LogP contribution in [0.4, 0.5) is 5.69 Å². The van der Waals surface area contributed by atoms with Gasteiger partial charge in [0.2, 0.25) is 0 Å². The molecule has 0 bridgehead atoms. The van der Waals surface area contributed by atoms with Crippen LogP contribution in [0.5, 0.6) is 5.75 Å². The van der Waals surface area contributed by atoms with Crippen LogP contribution in [0.15, 0.2) is 54.6 Å². The van der Waals surface area contributed by atoms with Crippen LogP contribution in [0.1, 0.15) is 46.7 Å². The molecule has 0 saturated heterocycles. The summed E-state index contributed by atoms with van der Waals surface area (Å²) in [7, 11) is 1.65. The summed E-state index contributed by atoms with van der Waals surface area (Å²) >= 11 is 0. The average Bonchev–Trinajstić information content (AvgIpc) is 3.13. The summed E-state index contributed by atoms with van der Waals surface area (Å²) in [6, 6.07) is 17.7. The number of ether oxygens (including phenoxy) is 1. The van der Waals surface area contributed by atoms with Crippen LogP contribution >= 0.6 is 0 Å². The Morgan fingerprint density at radius 2 is 1.68 bits per heavy atom. The standard InChI is InChI=1S/C28H32N4O2/c1-17(2)31(28(33)27-19(4)13-18(3)14-20(27)5)16-26-30-24-15-21(29)7-12-25(24)32(26)22-8-10-23(34-6)11-9-22/h7-15,17H,16,29H2,1-6H3. The van der Waals surface area contributed by atoms with Gasteiger partial charge in [0.05, 0.1) is 24.7 Å². The molecule has 2 N–H and O–H groups in total. The van der Waals surface area contributed by atoms with E-state index < -0.39 is 0 Å². The predicted molar refractivity (Wildman–Crippen MR) is 138 cm³/mol. The molecule has 0 fully saturated rings. The topological polar surface area (TPSA) is 73.4 Å². The first-order valence-corrected chi connectivity index (χ1v) is 11.5. The third-order valence-corrected chi connectivity index (χ3v) is 6.17. The van der Waals surface area contributed by atoms with Crippen molar-refractivity contribution in [3.05, 3.63) is 82.7 Å². The van der Waals surface area contributed by atoms with E-state index in [-0.39, 0.29) is 11.9 Å². The van der Waals surface area contributed by atoms with Crippen molar-refractivity contribution >= 4 is 22.6 Å². The van der Waals surface area contributed by atoms with E-state index in [1.165, 1.54) is 0 Å². The molecule has 34 heavy (non-hydrogen) atoms. The molecule has 4 rings (SSSR count). The number of carbonyl (C=O) groups is 1. The number of nitrogen functional groups attached to an aromatic ring is 1. The van der Waals surface area contributed by atoms with Gasteiger partial charge in [0.25, 0.3) is 5.91 Å². The van der Waals surface area contributed by atoms with Gasteiger partial charge in [0.1, 0.15) is 11.6 Å². The molecule has 0 spiro atoms. The number of fused-ring (bicyclic) bond motifs is 1. The molecule has 0 aliphatic carbocycles. The summed E-state index contributed by atoms with van der Waals surface area (Å²) < 4.78 is 7.42. The van der Waals surface area contributed by atoms with Gasteiger partial charge in [-0.2, -0.15) is 0 Å². The molecule has 176 valence electrons. The summed E-state index contributed by atoms with van der Waals surface area (Å²) in [5.41, 5.74) is 13.3. The van der Waals surface area contributed by atoms with E-state index in [0.717, 1.165) is 50.5 Å². The summed E-state index contributed by atoms with van der Waals surface area (Å²) in [6.45, 7) is 10.5. The highest BCUT2D eigenvalue weighted by Gasteiger charge is 2.25. The molecular formula is C28H32N4O2. The van der Waals surface area contributed by atoms with Crippen molar-refractivity contribution in [2.24, 2.45) is 0 Å². The van der Waals surface area contributed by atoms with Crippen molar-refractivity contribution in [3.8, 4) is 11.4 Å². The number of amides is 1. The number of carbonyl (C=O) groups excluding carboxylic acids is 1. The number of nitrogens with zero attached hydrogens (tertiary/aromatic N) is 3. The number of nitrogens with two attached hydrogens (primary N) is 1. The minimum atomic E-state index is -0.0122. The lowest BCUT2D eigenvalue weighted by atomic mass is 9.98. The SMILES string of the molecule is COc1ccc(-n2c(CN(C(=O)c3c(C)cc(C)cc3C)C(C)C)nc3cc(N)ccc32)cc1. The van der Waals surface area contributed by atoms with E-state index in [0.29, 0.717) is 12.2 Å². The van der Waals surface area contributed by atoms with Crippen LogP contribution in [0.2, 0.25) is 0 Å². The second-order valence-electron chi connectivity index (χ2n) is 9.11. The lowest BCUT2D eigenvalue weighted by molar-refractivity contribution is 0.0683. The number of hydrogen-bond donors (Lipinski definition) is 1. The fraction of sp³-hybridized carbons (Fsp3) is 0.286. The Hall–Kier alpha value is -3.80. The molecule has 0 aliphatic heterocycles. The van der Waals surface area contributed by atoms with Crippen molar-refractivity contribution in [2.75, 3.05) is 12.8 Å². The maximum absolute atomic E-state index is 13.8. The zero-order valence-corrected chi connectivity index (χ0v) is 20.7. The Labute approximate surface area is 201 Å². The maximum Gasteiger partial charge on any atom is 0.255 e. The van der Waals surface area contributed by atoms with Gasteiger partial charge < -0.3 is 15.4 Å². The van der Waals surface area contributed by atoms with Crippen molar-refractivity contribution < 1.29 is 9.53 Å². The molecule has 0 radical (unpaired) electrons. The van der Waals surface area contributed by atoms with Crippen LogP contribution in [-0.4, -0.2) is 33.5 Å². The zero-order chi connectivity index (χ0) is 24.6. The summed E-state index contributed by atoms with van der Waals surface area (Å²) in [4.78, 5) is 20.6. The van der Waals surface area contributed by atoms with E-state index >= 15 is 0 Å². The van der Waals surface area contributed by atoms with Crippen LogP contribution < -0.4 is 10.5 Å². The first kappa shape index (κ1) is 23.4. The Morgan fingerprint density at radius 1 is 1.03 bits per heavy atom. The van der Waals surface area contributed by atoms with Crippen LogP contribution in [-0.2, 0) is 6.54 Å². The third-order valence-electron chi connectivity index (χ3n) is 6.17. The average molecular weight is 457 g/mol. The molecule has 0 saturated carbocycles. The minimum Gasteiger partial charge on any atom is -0.497 e. The van der Waals surface area contributed by atoms with E-state index in [1.807, 2.05) is 75.1 Å². The third kappa shape index (κ3) is 4.36. The van der Waals surface area contributed by atoms with Gasteiger partial charge in [-0.1, -0.05) is 17.7 Å². The number of aromatic nitrogens is 2. The Kier molecular flexibility index (Phi) is 6.33. The largest absolute Gasteiger partial charge is 0.497 e. The van der Waals surface area contributed by atoms with Gasteiger partial charge in [0, 0.05) is 23.0 Å². The zero-order valence-electron chi connectivity index (χ0n) is 20.7. The van der Waals surface area contributed by atoms with E-state index in [9.17, 15) is 4.79 Å². The number of rotatable bonds is 6. The van der Waals surface area contributed by atoms with Crippen molar-refractivity contribution in [1.29, 1.82) is 0 Å². The second kappa shape index (κ2) is 9.21. The highest BCUT2D eigenvalue weighted by Crippen LogP contribution is 2.27. The van der Waals surface area contributed by atoms with Gasteiger partial charge >= 0.3 is 0 Å². The highest BCUT2D eigenvalue weighted by atomic mass is 16.5. The number of hydrogen-bond acceptors (Lipinski definition) is 4. The lowest BCUT2D eigenvalue weighted by Crippen LogP contribution is -2.38. The Balaban J connectivity index is 1.82.